The summed E-state index contributed by atoms with van der Waals surface area (Å²) in [5, 5.41) is 9.61. The van der Waals surface area contributed by atoms with E-state index in [-0.39, 0.29) is 11.4 Å². The highest BCUT2D eigenvalue weighted by atomic mass is 32.2. The number of hydrogen-bond donors (Lipinski definition) is 4. The van der Waals surface area contributed by atoms with E-state index in [0.29, 0.717) is 30.5 Å². The number of pyridine rings is 1. The molecule has 1 rings (SSSR count). The molecule has 5 N–H and O–H groups in total. The van der Waals surface area contributed by atoms with E-state index in [1.54, 1.807) is 0 Å². The molecule has 0 fully saturated rings. The van der Waals surface area contributed by atoms with Crippen LogP contribution in [-0.4, -0.2) is 29.6 Å². The summed E-state index contributed by atoms with van der Waals surface area (Å²) < 4.78 is 30.5. The van der Waals surface area contributed by atoms with Crippen LogP contribution in [0.25, 0.3) is 0 Å². The number of rotatable bonds is 5. The van der Waals surface area contributed by atoms with Gasteiger partial charge in [-0.25, -0.2) is 0 Å². The number of nitrogens with two attached hydrogens (primary N) is 1. The number of hydrogen-bond acceptors (Lipinski definition) is 5. The van der Waals surface area contributed by atoms with E-state index in [1.807, 2.05) is 0 Å². The normalized spacial score (nSPS) is 11.7. The second kappa shape index (κ2) is 5.51. The highest BCUT2D eigenvalue weighted by Gasteiger charge is 2.18. The van der Waals surface area contributed by atoms with Crippen LogP contribution in [0.3, 0.4) is 0 Å². The fraction of sp³-hybridized carbons (Fsp3) is 0.500. The van der Waals surface area contributed by atoms with E-state index in [2.05, 4.69) is 4.98 Å². The van der Waals surface area contributed by atoms with Gasteiger partial charge in [-0.15, -0.1) is 0 Å². The molecule has 0 bridgehead atoms. The molecular weight excluding hydrogens is 260 g/mol. The molecule has 0 spiro atoms. The zero-order valence-corrected chi connectivity index (χ0v) is 10.7. The molecule has 0 amide bonds. The standard InChI is InChI=1S/C10H16N2O5S/c1-6-7(3-2-4-11)9(13)12-10(14)8(6)5-18(15,16)17/h2-5,11H2,1H3,(H2,12,13,14)(H,15,16,17). The van der Waals surface area contributed by atoms with E-state index >= 15 is 0 Å². The Morgan fingerprint density at radius 3 is 2.44 bits per heavy atom. The SMILES string of the molecule is Cc1c(CCCN)c(O)[nH]c(=O)c1CS(=O)(=O)O. The molecule has 1 aromatic heterocycles. The highest BCUT2D eigenvalue weighted by molar-refractivity contribution is 7.85. The lowest BCUT2D eigenvalue weighted by Crippen LogP contribution is -2.20. The van der Waals surface area contributed by atoms with Gasteiger partial charge in [0, 0.05) is 11.1 Å². The van der Waals surface area contributed by atoms with Crippen LogP contribution < -0.4 is 11.3 Å². The Morgan fingerprint density at radius 2 is 1.94 bits per heavy atom. The van der Waals surface area contributed by atoms with Gasteiger partial charge in [0.15, 0.2) is 5.88 Å². The second-order valence-corrected chi connectivity index (χ2v) is 5.46. The lowest BCUT2D eigenvalue weighted by molar-refractivity contribution is 0.441. The van der Waals surface area contributed by atoms with Crippen LogP contribution in [-0.2, 0) is 22.3 Å². The van der Waals surface area contributed by atoms with E-state index in [0.717, 1.165) is 0 Å². The van der Waals surface area contributed by atoms with Crippen LogP contribution in [0.5, 0.6) is 5.88 Å². The van der Waals surface area contributed by atoms with Gasteiger partial charge in [0.25, 0.3) is 15.7 Å². The van der Waals surface area contributed by atoms with Gasteiger partial charge in [0.05, 0.1) is 0 Å². The summed E-state index contributed by atoms with van der Waals surface area (Å²) in [5.74, 6) is -1.06. The number of H-pyrrole nitrogens is 1. The van der Waals surface area contributed by atoms with Crippen molar-refractivity contribution in [2.24, 2.45) is 5.73 Å². The molecule has 0 aromatic carbocycles. The van der Waals surface area contributed by atoms with E-state index in [4.69, 9.17) is 10.3 Å². The third kappa shape index (κ3) is 3.56. The fourth-order valence-corrected chi connectivity index (χ4v) is 2.44. The molecule has 8 heteroatoms. The van der Waals surface area contributed by atoms with E-state index in [1.165, 1.54) is 6.92 Å². The second-order valence-electron chi connectivity index (χ2n) is 4.00. The van der Waals surface area contributed by atoms with Crippen molar-refractivity contribution in [2.75, 3.05) is 6.54 Å². The minimum atomic E-state index is -4.30. The Balaban J connectivity index is 3.31. The molecule has 0 aliphatic rings. The van der Waals surface area contributed by atoms with Crippen molar-refractivity contribution >= 4 is 10.1 Å². The molecule has 0 atom stereocenters. The van der Waals surface area contributed by atoms with Gasteiger partial charge in [-0.1, -0.05) is 0 Å². The van der Waals surface area contributed by atoms with Crippen LogP contribution in [0.4, 0.5) is 0 Å². The summed E-state index contributed by atoms with van der Waals surface area (Å²) in [5.41, 5.74) is 5.37. The maximum Gasteiger partial charge on any atom is 0.269 e. The number of nitrogens with one attached hydrogen (secondary N) is 1. The summed E-state index contributed by atoms with van der Waals surface area (Å²) in [6, 6.07) is 0. The van der Waals surface area contributed by atoms with Gasteiger partial charge in [0.1, 0.15) is 5.75 Å². The van der Waals surface area contributed by atoms with E-state index < -0.39 is 21.4 Å². The molecular formula is C10H16N2O5S. The summed E-state index contributed by atoms with van der Waals surface area (Å²) in [7, 11) is -4.30. The zero-order chi connectivity index (χ0) is 13.9. The molecule has 0 unspecified atom stereocenters. The van der Waals surface area contributed by atoms with E-state index in [9.17, 15) is 18.3 Å². The Morgan fingerprint density at radius 1 is 1.33 bits per heavy atom. The zero-order valence-electron chi connectivity index (χ0n) is 9.93. The largest absolute Gasteiger partial charge is 0.494 e. The van der Waals surface area contributed by atoms with Crippen molar-refractivity contribution < 1.29 is 18.1 Å². The summed E-state index contributed by atoms with van der Waals surface area (Å²) in [6.07, 6.45) is 1.01. The van der Waals surface area contributed by atoms with Gasteiger partial charge < -0.3 is 10.8 Å². The van der Waals surface area contributed by atoms with Gasteiger partial charge in [0.2, 0.25) is 0 Å². The average molecular weight is 276 g/mol. The van der Waals surface area contributed by atoms with Crippen molar-refractivity contribution in [3.63, 3.8) is 0 Å². The van der Waals surface area contributed by atoms with Crippen molar-refractivity contribution in [1.29, 1.82) is 0 Å². The topological polar surface area (TPSA) is 133 Å². The highest BCUT2D eigenvalue weighted by Crippen LogP contribution is 2.21. The smallest absolute Gasteiger partial charge is 0.269 e. The first-order valence-electron chi connectivity index (χ1n) is 5.35. The lowest BCUT2D eigenvalue weighted by atomic mass is 10.0. The third-order valence-electron chi connectivity index (χ3n) is 2.65. The predicted molar refractivity (Wildman–Crippen MR) is 66.1 cm³/mol. The van der Waals surface area contributed by atoms with Crippen molar-refractivity contribution in [3.8, 4) is 5.88 Å². The van der Waals surface area contributed by atoms with Crippen LogP contribution in [0.15, 0.2) is 4.79 Å². The summed E-state index contributed by atoms with van der Waals surface area (Å²) in [6.45, 7) is 1.94. The van der Waals surface area contributed by atoms with Crippen LogP contribution >= 0.6 is 0 Å². The van der Waals surface area contributed by atoms with Gasteiger partial charge in [-0.05, 0) is 31.9 Å². The number of aromatic hydroxyl groups is 1. The monoisotopic (exact) mass is 276 g/mol. The molecule has 0 aliphatic carbocycles. The third-order valence-corrected chi connectivity index (χ3v) is 3.31. The summed E-state index contributed by atoms with van der Waals surface area (Å²) in [4.78, 5) is 13.7. The molecule has 102 valence electrons. The first kappa shape index (κ1) is 14.7. The predicted octanol–water partition coefficient (Wildman–Crippen LogP) is -0.332. The van der Waals surface area contributed by atoms with Gasteiger partial charge in [-0.3, -0.25) is 14.3 Å². The molecule has 7 nitrogen and oxygen atoms in total. The Bertz CT molecular complexity index is 591. The van der Waals surface area contributed by atoms with Gasteiger partial charge >= 0.3 is 0 Å². The number of aromatic nitrogens is 1. The Hall–Kier alpha value is -1.38. The quantitative estimate of drug-likeness (QED) is 0.544. The Labute approximate surface area is 104 Å². The molecule has 0 radical (unpaired) electrons. The lowest BCUT2D eigenvalue weighted by Gasteiger charge is -2.11. The van der Waals surface area contributed by atoms with Crippen LogP contribution in [0.2, 0.25) is 0 Å². The van der Waals surface area contributed by atoms with Crippen molar-refractivity contribution in [1.82, 2.24) is 4.98 Å². The molecule has 1 aromatic rings. The summed E-state index contributed by atoms with van der Waals surface area (Å²) >= 11 is 0. The van der Waals surface area contributed by atoms with Crippen molar-refractivity contribution in [2.45, 2.75) is 25.5 Å². The fourth-order valence-electron chi connectivity index (χ4n) is 1.73. The molecule has 0 saturated heterocycles. The first-order chi connectivity index (χ1) is 8.26. The minimum Gasteiger partial charge on any atom is -0.494 e. The maximum absolute atomic E-state index is 11.5. The van der Waals surface area contributed by atoms with Crippen molar-refractivity contribution in [3.05, 3.63) is 27.0 Å². The Kier molecular flexibility index (Phi) is 4.49. The van der Waals surface area contributed by atoms with Crippen LogP contribution in [0.1, 0.15) is 23.1 Å². The molecule has 1 heterocycles. The maximum atomic E-state index is 11.5. The van der Waals surface area contributed by atoms with Crippen LogP contribution in [0, 0.1) is 6.92 Å². The molecule has 0 saturated carbocycles. The minimum absolute atomic E-state index is 0.0673. The van der Waals surface area contributed by atoms with Gasteiger partial charge in [-0.2, -0.15) is 8.42 Å². The first-order valence-corrected chi connectivity index (χ1v) is 6.96. The molecule has 18 heavy (non-hydrogen) atoms. The average Bonchev–Trinajstić information content (AvgIpc) is 2.23. The number of aromatic amines is 1. The molecule has 0 aliphatic heterocycles.